The van der Waals surface area contributed by atoms with Gasteiger partial charge in [0, 0.05) is 0 Å². The molecule has 0 N–H and O–H groups in total. The molecule has 3 aromatic carbocycles. The van der Waals surface area contributed by atoms with Gasteiger partial charge in [0.25, 0.3) is 0 Å². The van der Waals surface area contributed by atoms with Crippen LogP contribution in [0.1, 0.15) is 62.6 Å². The van der Waals surface area contributed by atoms with Gasteiger partial charge < -0.3 is 0 Å². The van der Waals surface area contributed by atoms with Crippen LogP contribution in [0.25, 0.3) is 34.2 Å². The van der Waals surface area contributed by atoms with E-state index in [1.54, 1.807) is 22.3 Å². The van der Waals surface area contributed by atoms with Crippen molar-refractivity contribution in [2.24, 2.45) is 0 Å². The molecule has 0 aliphatic heterocycles. The molecule has 2 unspecified atom stereocenters. The number of aromatic nitrogens is 1. The molecule has 0 spiro atoms. The van der Waals surface area contributed by atoms with Gasteiger partial charge >= 0.3 is 232 Å². The number of nitrogens with zero attached hydrogens (tertiary/aromatic N) is 1. The fraction of sp³-hybridized carbons (Fsp3) is 0.265. The van der Waals surface area contributed by atoms with Gasteiger partial charge in [-0.05, 0) is 0 Å². The number of rotatable bonds is 7. The molecule has 185 valence electrons. The van der Waals surface area contributed by atoms with Gasteiger partial charge in [0.1, 0.15) is 0 Å². The summed E-state index contributed by atoms with van der Waals surface area (Å²) >= 11 is -2.00. The molecule has 0 radical (unpaired) electrons. The van der Waals surface area contributed by atoms with Crippen molar-refractivity contribution in [1.82, 2.24) is 4.98 Å². The fourth-order valence-corrected chi connectivity index (χ4v) is 29.8. The molecule has 1 heterocycles. The zero-order chi connectivity index (χ0) is 25.5. The molecule has 1 nitrogen and oxygen atoms in total. The van der Waals surface area contributed by atoms with Crippen LogP contribution < -0.4 is 0 Å². The van der Waals surface area contributed by atoms with E-state index in [4.69, 9.17) is 4.98 Å². The van der Waals surface area contributed by atoms with E-state index in [1.165, 1.54) is 46.9 Å². The van der Waals surface area contributed by atoms with Crippen molar-refractivity contribution in [3.63, 3.8) is 0 Å². The number of pyridine rings is 1. The second-order valence-electron chi connectivity index (χ2n) is 11.0. The third-order valence-corrected chi connectivity index (χ3v) is 30.3. The van der Waals surface area contributed by atoms with Crippen LogP contribution in [0.5, 0.6) is 0 Å². The van der Waals surface area contributed by atoms with Crippen LogP contribution in [0.2, 0.25) is 13.1 Å². The Bertz CT molecular complexity index is 1530. The molecule has 0 amide bonds. The molecule has 2 atom stereocenters. The summed E-state index contributed by atoms with van der Waals surface area (Å²) in [5, 5.41) is 1.22. The summed E-state index contributed by atoms with van der Waals surface area (Å²) in [5.74, 6) is -0.847. The minimum atomic E-state index is -2.00. The molecule has 3 heteroatoms. The van der Waals surface area contributed by atoms with Crippen molar-refractivity contribution in [3.05, 3.63) is 112 Å². The van der Waals surface area contributed by atoms with Crippen LogP contribution in [0.15, 0.2) is 90.1 Å². The first kappa shape index (κ1) is 25.0. The molecule has 2 aliphatic carbocycles. The Balaban J connectivity index is 1.53. The number of unbranched alkanes of at least 4 members (excludes halogenated alkanes) is 1. The summed E-state index contributed by atoms with van der Waals surface area (Å²) in [6.07, 6.45) is 10.8. The van der Waals surface area contributed by atoms with E-state index in [9.17, 15) is 0 Å². The van der Waals surface area contributed by atoms with Gasteiger partial charge in [-0.1, -0.05) is 0 Å². The molecule has 37 heavy (non-hydrogen) atoms. The molecule has 0 saturated carbocycles. The van der Waals surface area contributed by atoms with Crippen molar-refractivity contribution in [3.8, 4) is 11.1 Å². The summed E-state index contributed by atoms with van der Waals surface area (Å²) in [5.41, 5.74) is 13.4. The second-order valence-corrected chi connectivity index (χ2v) is 31.1. The average Bonchev–Trinajstić information content (AvgIpc) is 3.44. The Kier molecular flexibility index (Phi) is 7.03. The van der Waals surface area contributed by atoms with Gasteiger partial charge in [-0.3, -0.25) is 0 Å². The molecule has 6 rings (SSSR count). The van der Waals surface area contributed by atoms with E-state index >= 15 is 0 Å². The van der Waals surface area contributed by atoms with Crippen molar-refractivity contribution >= 4 is 29.0 Å². The van der Waals surface area contributed by atoms with Crippen molar-refractivity contribution in [1.29, 1.82) is 0 Å². The summed E-state index contributed by atoms with van der Waals surface area (Å²) in [4.78, 5) is 4.82. The van der Waals surface area contributed by atoms with Crippen LogP contribution in [0.3, 0.4) is 0 Å². The van der Waals surface area contributed by atoms with Gasteiger partial charge in [-0.2, -0.15) is 0 Å². The number of benzene rings is 3. The molecular formula is C34H36NSiZr. The van der Waals surface area contributed by atoms with Crippen molar-refractivity contribution in [2.75, 3.05) is 0 Å². The van der Waals surface area contributed by atoms with E-state index in [1.807, 2.05) is 12.3 Å². The first-order valence-corrected chi connectivity index (χ1v) is 23.9. The van der Waals surface area contributed by atoms with E-state index in [-0.39, 0.29) is 0 Å². The number of hydrogen-bond donors (Lipinski definition) is 0. The minimum absolute atomic E-state index is 0.693. The molecule has 0 saturated heterocycles. The quantitative estimate of drug-likeness (QED) is 0.199. The topological polar surface area (TPSA) is 12.9 Å². The first-order valence-electron chi connectivity index (χ1n) is 13.9. The monoisotopic (exact) mass is 576 g/mol. The van der Waals surface area contributed by atoms with Gasteiger partial charge in [0.05, 0.1) is 0 Å². The average molecular weight is 578 g/mol. The van der Waals surface area contributed by atoms with Gasteiger partial charge in [-0.15, -0.1) is 0 Å². The summed E-state index contributed by atoms with van der Waals surface area (Å²) < 4.78 is 1.41. The number of allylic oxidation sites excluding steroid dienone is 2. The SMILES string of the molecule is CCCCC1=Cc2c(-c3cccc4cccnc34)cccc2[CH]1[Zr]([CH]1C(C)=Cc2ccccc21)[SiH](C)C. The normalized spacial score (nSPS) is 18.1. The van der Waals surface area contributed by atoms with Crippen LogP contribution in [0.4, 0.5) is 0 Å². The Morgan fingerprint density at radius 1 is 0.811 bits per heavy atom. The van der Waals surface area contributed by atoms with E-state index in [0.29, 0.717) is 7.25 Å². The van der Waals surface area contributed by atoms with E-state index in [0.717, 1.165) is 5.52 Å². The number of fused-ring (bicyclic) bond motifs is 3. The number of hydrogen-bond acceptors (Lipinski definition) is 1. The second kappa shape index (κ2) is 10.4. The molecule has 4 aromatic rings. The van der Waals surface area contributed by atoms with Gasteiger partial charge in [0.2, 0.25) is 0 Å². The number of para-hydroxylation sites is 1. The molecule has 2 aliphatic rings. The van der Waals surface area contributed by atoms with Crippen molar-refractivity contribution < 1.29 is 20.9 Å². The van der Waals surface area contributed by atoms with Crippen LogP contribution in [-0.2, 0) is 20.9 Å². The summed E-state index contributed by atoms with van der Waals surface area (Å²) in [6.45, 7) is 10.1. The summed E-state index contributed by atoms with van der Waals surface area (Å²) in [6, 6.07) is 27.3. The zero-order valence-corrected chi connectivity index (χ0v) is 26.1. The molecule has 1 aromatic heterocycles. The summed E-state index contributed by atoms with van der Waals surface area (Å²) in [7, 11) is 0. The predicted octanol–water partition coefficient (Wildman–Crippen LogP) is 9.29. The fourth-order valence-electron chi connectivity index (χ4n) is 6.77. The third-order valence-electron chi connectivity index (χ3n) is 8.37. The van der Waals surface area contributed by atoms with Crippen LogP contribution >= 0.6 is 0 Å². The van der Waals surface area contributed by atoms with E-state index < -0.39 is 26.8 Å². The Morgan fingerprint density at radius 2 is 1.57 bits per heavy atom. The van der Waals surface area contributed by atoms with Gasteiger partial charge in [-0.25, -0.2) is 0 Å². The van der Waals surface area contributed by atoms with Gasteiger partial charge in [0.15, 0.2) is 0 Å². The Hall–Kier alpha value is -2.35. The third kappa shape index (κ3) is 4.39. The maximum absolute atomic E-state index is 4.82. The van der Waals surface area contributed by atoms with Crippen LogP contribution in [0, 0.1) is 0 Å². The van der Waals surface area contributed by atoms with E-state index in [2.05, 4.69) is 106 Å². The molecule has 0 bridgehead atoms. The standard InChI is InChI=1S/C22H20N.C10H9.C2H7Si.Zr/c1-2-3-7-16-14-18-9-5-11-19(21(18)15-16)20-12-4-8-17-10-6-13-23-22(17)20;1-8-6-9-4-2-3-5-10(9)7-8;1-3-2;/h4-6,8-15H,2-3,7H2,1H3;2-7H,1H3;3H,1-2H3;. The Morgan fingerprint density at radius 3 is 2.41 bits per heavy atom. The zero-order valence-electron chi connectivity index (χ0n) is 22.5. The van der Waals surface area contributed by atoms with Crippen molar-refractivity contribution in [2.45, 2.75) is 53.5 Å². The molecule has 0 fully saturated rings. The first-order chi connectivity index (χ1) is 18.1. The van der Waals surface area contributed by atoms with Crippen LogP contribution in [-0.4, -0.2) is 10.9 Å². The maximum atomic E-state index is 4.82. The molecular weight excluding hydrogens is 542 g/mol. The predicted molar refractivity (Wildman–Crippen MR) is 159 cm³/mol. The Labute approximate surface area is 230 Å².